The Morgan fingerprint density at radius 1 is 1.06 bits per heavy atom. The van der Waals surface area contributed by atoms with Crippen LogP contribution < -0.4 is 4.74 Å². The maximum Gasteiger partial charge on any atom is 0.290 e. The van der Waals surface area contributed by atoms with E-state index in [0.717, 1.165) is 37.2 Å². The standard InChI is InChI=1S/C28H34N2O4/c1-4-29(5-2)19-10-20-30-26(22-14-16-23(17-15-22)34-6-3)25(27(32)28(30)33)24(31)18-13-21-11-8-7-9-12-21/h7-9,11-18,26,32H,4-6,10,19-20H2,1-3H3. The van der Waals surface area contributed by atoms with Gasteiger partial charge in [0.25, 0.3) is 5.91 Å². The molecule has 0 aliphatic carbocycles. The number of benzene rings is 2. The summed E-state index contributed by atoms with van der Waals surface area (Å²) in [4.78, 5) is 30.2. The maximum atomic E-state index is 13.2. The molecule has 1 unspecified atom stereocenters. The van der Waals surface area contributed by atoms with Crippen molar-refractivity contribution >= 4 is 17.8 Å². The summed E-state index contributed by atoms with van der Waals surface area (Å²) in [5, 5.41) is 10.8. The summed E-state index contributed by atoms with van der Waals surface area (Å²) < 4.78 is 5.54. The smallest absolute Gasteiger partial charge is 0.290 e. The van der Waals surface area contributed by atoms with Crippen molar-refractivity contribution in [2.75, 3.05) is 32.8 Å². The van der Waals surface area contributed by atoms with Crippen molar-refractivity contribution in [3.8, 4) is 5.75 Å². The Morgan fingerprint density at radius 3 is 2.35 bits per heavy atom. The molecular weight excluding hydrogens is 428 g/mol. The number of aliphatic hydroxyl groups excluding tert-OH is 1. The second-order valence-electron chi connectivity index (χ2n) is 8.15. The van der Waals surface area contributed by atoms with Crippen molar-refractivity contribution in [2.45, 2.75) is 33.2 Å². The van der Waals surface area contributed by atoms with E-state index in [0.29, 0.717) is 18.9 Å². The molecule has 0 saturated heterocycles. The van der Waals surface area contributed by atoms with Crippen LogP contribution in [-0.2, 0) is 9.59 Å². The predicted octanol–water partition coefficient (Wildman–Crippen LogP) is 4.80. The van der Waals surface area contributed by atoms with Crippen LogP contribution in [0.3, 0.4) is 0 Å². The quantitative estimate of drug-likeness (QED) is 0.459. The molecule has 6 nitrogen and oxygen atoms in total. The number of carbonyl (C=O) groups excluding carboxylic acids is 2. The lowest BCUT2D eigenvalue weighted by Gasteiger charge is -2.28. The first kappa shape index (κ1) is 25.2. The Labute approximate surface area is 202 Å². The zero-order valence-electron chi connectivity index (χ0n) is 20.2. The summed E-state index contributed by atoms with van der Waals surface area (Å²) in [5.41, 5.74) is 1.75. The highest BCUT2D eigenvalue weighted by atomic mass is 16.5. The summed E-state index contributed by atoms with van der Waals surface area (Å²) in [5.74, 6) is -0.632. The molecule has 0 spiro atoms. The van der Waals surface area contributed by atoms with Crippen LogP contribution in [-0.4, -0.2) is 59.4 Å². The monoisotopic (exact) mass is 462 g/mol. The van der Waals surface area contributed by atoms with Crippen molar-refractivity contribution in [1.82, 2.24) is 9.80 Å². The molecule has 0 fully saturated rings. The van der Waals surface area contributed by atoms with Gasteiger partial charge in [-0.3, -0.25) is 9.59 Å². The van der Waals surface area contributed by atoms with E-state index in [9.17, 15) is 14.7 Å². The molecule has 3 rings (SSSR count). The molecular formula is C28H34N2O4. The molecule has 0 bridgehead atoms. The van der Waals surface area contributed by atoms with Crippen LogP contribution in [0.4, 0.5) is 0 Å². The topological polar surface area (TPSA) is 70.1 Å². The summed E-state index contributed by atoms with van der Waals surface area (Å²) in [7, 11) is 0. The predicted molar refractivity (Wildman–Crippen MR) is 135 cm³/mol. The number of ether oxygens (including phenoxy) is 1. The average molecular weight is 463 g/mol. The first-order valence-electron chi connectivity index (χ1n) is 12.0. The number of nitrogens with zero attached hydrogens (tertiary/aromatic N) is 2. The van der Waals surface area contributed by atoms with Crippen LogP contribution in [0, 0.1) is 0 Å². The molecule has 1 aliphatic rings. The number of rotatable bonds is 12. The van der Waals surface area contributed by atoms with Gasteiger partial charge in [0.1, 0.15) is 5.75 Å². The Bertz CT molecular complexity index is 1020. The van der Waals surface area contributed by atoms with E-state index in [1.807, 2.05) is 61.5 Å². The summed E-state index contributed by atoms with van der Waals surface area (Å²) in [6, 6.07) is 16.2. The molecule has 6 heteroatoms. The van der Waals surface area contributed by atoms with Crippen molar-refractivity contribution in [3.63, 3.8) is 0 Å². The van der Waals surface area contributed by atoms with Gasteiger partial charge >= 0.3 is 0 Å². The summed E-state index contributed by atoms with van der Waals surface area (Å²) in [6.07, 6.45) is 3.87. The van der Waals surface area contributed by atoms with Gasteiger partial charge in [0.05, 0.1) is 18.2 Å². The molecule has 1 N–H and O–H groups in total. The largest absolute Gasteiger partial charge is 0.503 e. The molecule has 0 saturated carbocycles. The zero-order valence-corrected chi connectivity index (χ0v) is 20.2. The first-order chi connectivity index (χ1) is 16.5. The van der Waals surface area contributed by atoms with Crippen LogP contribution in [0.25, 0.3) is 6.08 Å². The highest BCUT2D eigenvalue weighted by molar-refractivity contribution is 6.14. The number of aliphatic hydroxyl groups is 1. The fourth-order valence-electron chi connectivity index (χ4n) is 4.23. The van der Waals surface area contributed by atoms with E-state index in [-0.39, 0.29) is 11.4 Å². The molecule has 180 valence electrons. The number of hydrogen-bond donors (Lipinski definition) is 1. The minimum atomic E-state index is -0.646. The van der Waals surface area contributed by atoms with E-state index in [1.54, 1.807) is 11.0 Å². The van der Waals surface area contributed by atoms with Gasteiger partial charge in [-0.2, -0.15) is 0 Å². The number of hydrogen-bond acceptors (Lipinski definition) is 5. The summed E-state index contributed by atoms with van der Waals surface area (Å²) in [6.45, 7) is 9.83. The Balaban J connectivity index is 1.90. The minimum Gasteiger partial charge on any atom is -0.503 e. The van der Waals surface area contributed by atoms with Crippen molar-refractivity contribution in [2.24, 2.45) is 0 Å². The Kier molecular flexibility index (Phi) is 9.05. The molecule has 1 heterocycles. The third-order valence-electron chi connectivity index (χ3n) is 6.07. The zero-order chi connectivity index (χ0) is 24.5. The van der Waals surface area contributed by atoms with Crippen LogP contribution in [0.2, 0.25) is 0 Å². The first-order valence-corrected chi connectivity index (χ1v) is 12.0. The third kappa shape index (κ3) is 5.94. The van der Waals surface area contributed by atoms with Gasteiger partial charge in [0.15, 0.2) is 11.5 Å². The molecule has 0 aromatic heterocycles. The maximum absolute atomic E-state index is 13.2. The van der Waals surface area contributed by atoms with Crippen molar-refractivity contribution < 1.29 is 19.4 Å². The van der Waals surface area contributed by atoms with E-state index in [1.165, 1.54) is 6.08 Å². The van der Waals surface area contributed by atoms with Gasteiger partial charge in [-0.15, -0.1) is 0 Å². The van der Waals surface area contributed by atoms with Gasteiger partial charge < -0.3 is 19.6 Å². The normalized spacial score (nSPS) is 16.2. The molecule has 2 aromatic rings. The van der Waals surface area contributed by atoms with Crippen LogP contribution >= 0.6 is 0 Å². The molecule has 34 heavy (non-hydrogen) atoms. The Hall–Kier alpha value is -3.38. The average Bonchev–Trinajstić information content (AvgIpc) is 3.11. The van der Waals surface area contributed by atoms with Crippen LogP contribution in [0.5, 0.6) is 5.75 Å². The fourth-order valence-corrected chi connectivity index (χ4v) is 4.23. The van der Waals surface area contributed by atoms with E-state index in [2.05, 4.69) is 18.7 Å². The van der Waals surface area contributed by atoms with Gasteiger partial charge in [-0.05, 0) is 62.3 Å². The highest BCUT2D eigenvalue weighted by Gasteiger charge is 2.42. The van der Waals surface area contributed by atoms with E-state index >= 15 is 0 Å². The number of ketones is 1. The van der Waals surface area contributed by atoms with Crippen molar-refractivity contribution in [1.29, 1.82) is 0 Å². The lowest BCUT2D eigenvalue weighted by Crippen LogP contribution is -2.34. The lowest BCUT2D eigenvalue weighted by molar-refractivity contribution is -0.129. The second-order valence-corrected chi connectivity index (χ2v) is 8.15. The van der Waals surface area contributed by atoms with Gasteiger partial charge in [0.2, 0.25) is 0 Å². The van der Waals surface area contributed by atoms with Crippen molar-refractivity contribution in [3.05, 3.63) is 83.1 Å². The molecule has 1 amide bonds. The van der Waals surface area contributed by atoms with Crippen LogP contribution in [0.15, 0.2) is 72.0 Å². The van der Waals surface area contributed by atoms with Crippen LogP contribution in [0.1, 0.15) is 44.4 Å². The summed E-state index contributed by atoms with van der Waals surface area (Å²) >= 11 is 0. The van der Waals surface area contributed by atoms with Gasteiger partial charge in [-0.25, -0.2) is 0 Å². The highest BCUT2D eigenvalue weighted by Crippen LogP contribution is 2.38. The lowest BCUT2D eigenvalue weighted by atomic mass is 9.95. The van der Waals surface area contributed by atoms with E-state index < -0.39 is 17.7 Å². The fraction of sp³-hybridized carbons (Fsp3) is 0.357. The molecule has 1 atom stereocenters. The SMILES string of the molecule is CCOc1ccc(C2C(C(=O)C=Cc3ccccc3)=C(O)C(=O)N2CCCN(CC)CC)cc1. The third-order valence-corrected chi connectivity index (χ3v) is 6.07. The second kappa shape index (κ2) is 12.2. The Morgan fingerprint density at radius 2 is 1.74 bits per heavy atom. The molecule has 0 radical (unpaired) electrons. The molecule has 1 aliphatic heterocycles. The van der Waals surface area contributed by atoms with Gasteiger partial charge in [-0.1, -0.05) is 62.4 Å². The minimum absolute atomic E-state index is 0.115. The van der Waals surface area contributed by atoms with Gasteiger partial charge in [0, 0.05) is 6.54 Å². The number of allylic oxidation sites excluding steroid dienone is 1. The number of carbonyl (C=O) groups is 2. The number of amides is 1. The van der Waals surface area contributed by atoms with E-state index in [4.69, 9.17) is 4.74 Å². The molecule has 2 aromatic carbocycles.